The SMILES string of the molecule is CCOC(=O)N1C(=O)c2ccccc2C1=O.C[C@]12CC[C@@H](O)C[C@H]1CC[C@@H]1[C@@H]2C(=O)C[C@@]2(C)[C@H]1CC[C@]2(O)C(=O)CO. The summed E-state index contributed by atoms with van der Waals surface area (Å²) in [6.07, 6.45) is 4.55. The Morgan fingerprint density at radius 1 is 1.00 bits per heavy atom. The molecule has 0 bridgehead atoms. The van der Waals surface area contributed by atoms with E-state index >= 15 is 0 Å². The molecule has 3 amide bonds. The molecule has 0 unspecified atom stereocenters. The minimum Gasteiger partial charge on any atom is -0.449 e. The van der Waals surface area contributed by atoms with Gasteiger partial charge in [-0.05, 0) is 87.2 Å². The van der Waals surface area contributed by atoms with Gasteiger partial charge in [0.2, 0.25) is 0 Å². The third-order valence-corrected chi connectivity index (χ3v) is 11.3. The normalized spacial score (nSPS) is 38.5. The summed E-state index contributed by atoms with van der Waals surface area (Å²) in [7, 11) is 0. The molecule has 42 heavy (non-hydrogen) atoms. The molecule has 1 aromatic rings. The first-order valence-corrected chi connectivity index (χ1v) is 15.1. The van der Waals surface area contributed by atoms with Gasteiger partial charge in [-0.3, -0.25) is 19.2 Å². The van der Waals surface area contributed by atoms with Crippen LogP contribution in [0.2, 0.25) is 0 Å². The van der Waals surface area contributed by atoms with Crippen molar-refractivity contribution in [3.63, 3.8) is 0 Å². The highest BCUT2D eigenvalue weighted by atomic mass is 16.6. The number of amides is 3. The molecule has 0 radical (unpaired) electrons. The van der Waals surface area contributed by atoms with Gasteiger partial charge in [-0.2, -0.15) is 4.90 Å². The molecule has 0 spiro atoms. The van der Waals surface area contributed by atoms with E-state index in [1.54, 1.807) is 19.1 Å². The van der Waals surface area contributed by atoms with E-state index in [4.69, 9.17) is 0 Å². The maximum absolute atomic E-state index is 13.4. The molecule has 6 rings (SSSR count). The Kier molecular flexibility index (Phi) is 7.96. The van der Waals surface area contributed by atoms with Gasteiger partial charge in [0.25, 0.3) is 11.8 Å². The van der Waals surface area contributed by atoms with Crippen LogP contribution in [0.1, 0.15) is 92.9 Å². The summed E-state index contributed by atoms with van der Waals surface area (Å²) in [4.78, 5) is 61.1. The minimum absolute atomic E-state index is 0.0154. The number of Topliss-reactive ketones (excluding diaryl/α,β-unsaturated/α-hetero) is 2. The van der Waals surface area contributed by atoms with E-state index in [9.17, 15) is 39.3 Å². The van der Waals surface area contributed by atoms with Crippen LogP contribution >= 0.6 is 0 Å². The first kappa shape index (κ1) is 30.5. The van der Waals surface area contributed by atoms with Crippen LogP contribution in [-0.4, -0.2) is 74.6 Å². The largest absolute Gasteiger partial charge is 0.449 e. The van der Waals surface area contributed by atoms with Gasteiger partial charge >= 0.3 is 6.09 Å². The lowest BCUT2D eigenvalue weighted by molar-refractivity contribution is -0.180. The predicted molar refractivity (Wildman–Crippen MR) is 149 cm³/mol. The molecule has 10 nitrogen and oxygen atoms in total. The van der Waals surface area contributed by atoms with Crippen LogP contribution < -0.4 is 0 Å². The van der Waals surface area contributed by atoms with Crippen LogP contribution in [0.15, 0.2) is 24.3 Å². The van der Waals surface area contributed by atoms with E-state index in [-0.39, 0.29) is 59.2 Å². The zero-order chi connectivity index (χ0) is 30.6. The number of ketones is 2. The fraction of sp³-hybridized carbons (Fsp3) is 0.656. The lowest BCUT2D eigenvalue weighted by Crippen LogP contribution is -2.62. The fourth-order valence-electron chi connectivity index (χ4n) is 9.19. The summed E-state index contributed by atoms with van der Waals surface area (Å²) in [5.41, 5.74) is -1.93. The number of carbonyl (C=O) groups is 5. The van der Waals surface area contributed by atoms with Gasteiger partial charge in [0.05, 0.1) is 23.8 Å². The van der Waals surface area contributed by atoms with Crippen molar-refractivity contribution in [2.45, 2.75) is 83.8 Å². The fourth-order valence-corrected chi connectivity index (χ4v) is 9.19. The summed E-state index contributed by atoms with van der Waals surface area (Å²) < 4.78 is 4.64. The monoisotopic (exact) mass is 583 g/mol. The van der Waals surface area contributed by atoms with Gasteiger partial charge in [-0.15, -0.1) is 0 Å². The van der Waals surface area contributed by atoms with Crippen molar-refractivity contribution in [1.82, 2.24) is 4.90 Å². The zero-order valence-corrected chi connectivity index (χ0v) is 24.5. The Bertz CT molecular complexity index is 1280. The van der Waals surface area contributed by atoms with Gasteiger partial charge in [0.15, 0.2) is 5.78 Å². The lowest BCUT2D eigenvalue weighted by Gasteiger charge is -2.60. The molecule has 8 atom stereocenters. The van der Waals surface area contributed by atoms with Crippen molar-refractivity contribution < 1.29 is 44.0 Å². The number of carbonyl (C=O) groups excluding carboxylic acids is 5. The molecule has 1 aromatic carbocycles. The van der Waals surface area contributed by atoms with Crippen molar-refractivity contribution in [3.05, 3.63) is 35.4 Å². The number of nitrogens with zero attached hydrogens (tertiary/aromatic N) is 1. The molecule has 5 aliphatic rings. The van der Waals surface area contributed by atoms with Crippen molar-refractivity contribution >= 4 is 29.5 Å². The molecule has 4 saturated carbocycles. The number of ether oxygens (including phenoxy) is 1. The molecule has 3 N–H and O–H groups in total. The summed E-state index contributed by atoms with van der Waals surface area (Å²) in [5, 5.41) is 30.6. The summed E-state index contributed by atoms with van der Waals surface area (Å²) in [5.74, 6) is -0.872. The average Bonchev–Trinajstić information content (AvgIpc) is 3.38. The molecule has 228 valence electrons. The van der Waals surface area contributed by atoms with Crippen molar-refractivity contribution in [3.8, 4) is 0 Å². The van der Waals surface area contributed by atoms with E-state index in [1.165, 1.54) is 12.1 Å². The number of rotatable bonds is 3. The van der Waals surface area contributed by atoms with E-state index in [0.29, 0.717) is 17.2 Å². The molecule has 4 aliphatic carbocycles. The number of aliphatic hydroxyl groups excluding tert-OH is 2. The van der Waals surface area contributed by atoms with Crippen LogP contribution in [-0.2, 0) is 14.3 Å². The highest BCUT2D eigenvalue weighted by Crippen LogP contribution is 2.67. The van der Waals surface area contributed by atoms with Crippen molar-refractivity contribution in [1.29, 1.82) is 0 Å². The number of hydrogen-bond donors (Lipinski definition) is 3. The van der Waals surface area contributed by atoms with Crippen LogP contribution in [0.4, 0.5) is 4.79 Å². The second-order valence-electron chi connectivity index (χ2n) is 13.2. The van der Waals surface area contributed by atoms with E-state index in [1.807, 2.05) is 6.92 Å². The van der Waals surface area contributed by atoms with E-state index < -0.39 is 41.3 Å². The lowest BCUT2D eigenvalue weighted by atomic mass is 9.44. The Labute approximate surface area is 245 Å². The molecule has 4 fully saturated rings. The van der Waals surface area contributed by atoms with Gasteiger partial charge in [-0.1, -0.05) is 26.0 Å². The quantitative estimate of drug-likeness (QED) is 0.454. The minimum atomic E-state index is -1.58. The van der Waals surface area contributed by atoms with E-state index in [2.05, 4.69) is 11.7 Å². The smallest absolute Gasteiger partial charge is 0.424 e. The highest BCUT2D eigenvalue weighted by Gasteiger charge is 2.68. The van der Waals surface area contributed by atoms with Crippen molar-refractivity contribution in [2.75, 3.05) is 13.2 Å². The summed E-state index contributed by atoms with van der Waals surface area (Å²) >= 11 is 0. The highest BCUT2D eigenvalue weighted by molar-refractivity contribution is 6.28. The van der Waals surface area contributed by atoms with Gasteiger partial charge in [0, 0.05) is 17.8 Å². The summed E-state index contributed by atoms with van der Waals surface area (Å²) in [6.45, 7) is 5.19. The number of imide groups is 3. The third-order valence-electron chi connectivity index (χ3n) is 11.3. The van der Waals surface area contributed by atoms with Crippen molar-refractivity contribution in [2.24, 2.45) is 34.5 Å². The maximum Gasteiger partial charge on any atom is 0.424 e. The second kappa shape index (κ2) is 11.0. The molecular weight excluding hydrogens is 542 g/mol. The maximum atomic E-state index is 13.4. The Morgan fingerprint density at radius 3 is 2.24 bits per heavy atom. The number of benzene rings is 1. The second-order valence-corrected chi connectivity index (χ2v) is 13.2. The third kappa shape index (κ3) is 4.45. The van der Waals surface area contributed by atoms with Gasteiger partial charge in [-0.25, -0.2) is 4.79 Å². The van der Waals surface area contributed by atoms with Crippen LogP contribution in [0.3, 0.4) is 0 Å². The molecular formula is C32H41NO9. The molecule has 0 aromatic heterocycles. The number of fused-ring (bicyclic) bond motifs is 6. The first-order valence-electron chi connectivity index (χ1n) is 15.1. The predicted octanol–water partition coefficient (Wildman–Crippen LogP) is 3.30. The van der Waals surface area contributed by atoms with Crippen LogP contribution in [0.25, 0.3) is 0 Å². The summed E-state index contributed by atoms with van der Waals surface area (Å²) in [6, 6.07) is 6.29. The number of hydrogen-bond acceptors (Lipinski definition) is 9. The standard InChI is InChI=1S/C21H32O5.C11H9NO4/c1-19-7-5-13(23)9-12(19)3-4-14-15-6-8-21(26,17(25)11-22)20(15,2)10-16(24)18(14)19;1-2-16-11(15)12-9(13)7-5-3-4-6-8(7)10(12)14/h12-15,18,22-23,26H,3-11H2,1-2H3;3-6H,2H2,1H3/t12-,13-,14+,15+,18-,19+,20+,21+;/m1./s1. The van der Waals surface area contributed by atoms with Crippen LogP contribution in [0.5, 0.6) is 0 Å². The zero-order valence-electron chi connectivity index (χ0n) is 24.5. The average molecular weight is 584 g/mol. The van der Waals surface area contributed by atoms with E-state index in [0.717, 1.165) is 38.5 Å². The molecule has 10 heteroatoms. The number of aliphatic hydroxyl groups is 3. The van der Waals surface area contributed by atoms with Gasteiger partial charge < -0.3 is 20.1 Å². The Morgan fingerprint density at radius 2 is 1.64 bits per heavy atom. The Balaban J connectivity index is 0.000000189. The molecule has 1 heterocycles. The van der Waals surface area contributed by atoms with Crippen LogP contribution in [0, 0.1) is 34.5 Å². The molecule has 1 aliphatic heterocycles. The topological polar surface area (TPSA) is 159 Å². The van der Waals surface area contributed by atoms with Gasteiger partial charge in [0.1, 0.15) is 18.0 Å². The molecule has 0 saturated heterocycles. The first-order chi connectivity index (χ1) is 19.8. The Hall–Kier alpha value is -2.95.